The van der Waals surface area contributed by atoms with Crippen molar-refractivity contribution in [1.82, 2.24) is 10.3 Å². The highest BCUT2D eigenvalue weighted by Gasteiger charge is 2.31. The van der Waals surface area contributed by atoms with Crippen LogP contribution in [0.4, 0.5) is 5.69 Å². The van der Waals surface area contributed by atoms with Gasteiger partial charge in [-0.3, -0.25) is 14.9 Å². The van der Waals surface area contributed by atoms with E-state index >= 15 is 0 Å². The molecule has 0 radical (unpaired) electrons. The maximum Gasteiger partial charge on any atom is 0.319 e. The van der Waals surface area contributed by atoms with E-state index in [1.54, 1.807) is 13.8 Å². The Kier molecular flexibility index (Phi) is 4.43. The Balaban J connectivity index is 3.15. The number of nitro groups is 1. The third-order valence-corrected chi connectivity index (χ3v) is 3.06. The molecule has 0 aliphatic carbocycles. The molecule has 0 saturated heterocycles. The summed E-state index contributed by atoms with van der Waals surface area (Å²) in [5, 5.41) is 22.6. The lowest BCUT2D eigenvalue weighted by Gasteiger charge is -2.29. The van der Waals surface area contributed by atoms with Crippen molar-refractivity contribution in [3.63, 3.8) is 0 Å². The summed E-state index contributed by atoms with van der Waals surface area (Å²) in [4.78, 5) is 25.7. The number of nitrogens with zero attached hydrogens (tertiary/aromatic N) is 2. The van der Waals surface area contributed by atoms with Crippen molar-refractivity contribution in [3.05, 3.63) is 33.1 Å². The molecule has 7 nitrogen and oxygen atoms in total. The zero-order valence-corrected chi connectivity index (χ0v) is 11.4. The average molecular weight is 288 g/mol. The maximum absolute atomic E-state index is 12.0. The van der Waals surface area contributed by atoms with Crippen LogP contribution in [-0.4, -0.2) is 32.6 Å². The van der Waals surface area contributed by atoms with Crippen LogP contribution in [0.25, 0.3) is 0 Å². The molecule has 0 aromatic carbocycles. The zero-order valence-electron chi connectivity index (χ0n) is 10.7. The van der Waals surface area contributed by atoms with Crippen LogP contribution in [0.5, 0.6) is 0 Å². The summed E-state index contributed by atoms with van der Waals surface area (Å²) in [6, 6.07) is 1.21. The molecule has 19 heavy (non-hydrogen) atoms. The predicted octanol–water partition coefficient (Wildman–Crippen LogP) is 1.53. The summed E-state index contributed by atoms with van der Waals surface area (Å²) >= 11 is 5.62. The molecular weight excluding hydrogens is 274 g/mol. The van der Waals surface area contributed by atoms with Crippen molar-refractivity contribution in [2.75, 3.05) is 0 Å². The molecule has 0 saturated carbocycles. The minimum absolute atomic E-state index is 0.196. The number of hydrogen-bond donors (Lipinski definition) is 2. The first-order valence-electron chi connectivity index (χ1n) is 5.46. The topological polar surface area (TPSA) is 105 Å². The summed E-state index contributed by atoms with van der Waals surface area (Å²) in [6.07, 6.45) is 0.382. The molecule has 1 amide bonds. The van der Waals surface area contributed by atoms with Gasteiger partial charge in [0.2, 0.25) is 5.15 Å². The first-order valence-corrected chi connectivity index (χ1v) is 5.84. The number of hydrogen-bond acceptors (Lipinski definition) is 5. The van der Waals surface area contributed by atoms with E-state index in [4.69, 9.17) is 11.6 Å². The first kappa shape index (κ1) is 15.3. The Labute approximate surface area is 114 Å². The van der Waals surface area contributed by atoms with Crippen LogP contribution in [0.1, 0.15) is 31.1 Å². The van der Waals surface area contributed by atoms with E-state index in [0.717, 1.165) is 0 Å². The second-order valence-electron chi connectivity index (χ2n) is 4.61. The summed E-state index contributed by atoms with van der Waals surface area (Å²) < 4.78 is 0. The SMILES string of the molecule is CC(O)C(C)(C)NC(=O)c1ccnc(Cl)c1[N+](=O)[O-]. The van der Waals surface area contributed by atoms with E-state index in [2.05, 4.69) is 10.3 Å². The number of carbonyl (C=O) groups is 1. The van der Waals surface area contributed by atoms with Gasteiger partial charge in [-0.05, 0) is 26.8 Å². The van der Waals surface area contributed by atoms with E-state index in [-0.39, 0.29) is 10.7 Å². The fourth-order valence-electron chi connectivity index (χ4n) is 1.25. The highest BCUT2D eigenvalue weighted by atomic mass is 35.5. The van der Waals surface area contributed by atoms with Gasteiger partial charge in [-0.15, -0.1) is 0 Å². The highest BCUT2D eigenvalue weighted by Crippen LogP contribution is 2.26. The second-order valence-corrected chi connectivity index (χ2v) is 4.96. The van der Waals surface area contributed by atoms with E-state index in [0.29, 0.717) is 0 Å². The summed E-state index contributed by atoms with van der Waals surface area (Å²) in [5.41, 5.74) is -1.68. The molecule has 8 heteroatoms. The van der Waals surface area contributed by atoms with Crippen molar-refractivity contribution in [2.45, 2.75) is 32.4 Å². The molecule has 1 atom stereocenters. The van der Waals surface area contributed by atoms with Gasteiger partial charge in [0.05, 0.1) is 16.6 Å². The fourth-order valence-corrected chi connectivity index (χ4v) is 1.48. The van der Waals surface area contributed by atoms with Gasteiger partial charge in [-0.2, -0.15) is 0 Å². The molecular formula is C11H14ClN3O4. The van der Waals surface area contributed by atoms with E-state index < -0.39 is 28.2 Å². The average Bonchev–Trinajstić information content (AvgIpc) is 2.27. The first-order chi connectivity index (χ1) is 8.66. The highest BCUT2D eigenvalue weighted by molar-refractivity contribution is 6.32. The number of nitrogens with one attached hydrogen (secondary N) is 1. The lowest BCUT2D eigenvalue weighted by Crippen LogP contribution is -2.51. The quantitative estimate of drug-likeness (QED) is 0.496. The predicted molar refractivity (Wildman–Crippen MR) is 69.1 cm³/mol. The second kappa shape index (κ2) is 5.50. The summed E-state index contributed by atoms with van der Waals surface area (Å²) in [7, 11) is 0. The van der Waals surface area contributed by atoms with Crippen molar-refractivity contribution in [1.29, 1.82) is 0 Å². The van der Waals surface area contributed by atoms with Crippen LogP contribution in [0.15, 0.2) is 12.3 Å². The number of halogens is 1. The monoisotopic (exact) mass is 287 g/mol. The molecule has 104 valence electrons. The number of rotatable bonds is 4. The number of aromatic nitrogens is 1. The fraction of sp³-hybridized carbons (Fsp3) is 0.455. The number of pyridine rings is 1. The molecule has 2 N–H and O–H groups in total. The smallest absolute Gasteiger partial charge is 0.319 e. The van der Waals surface area contributed by atoms with Crippen molar-refractivity contribution in [2.24, 2.45) is 0 Å². The van der Waals surface area contributed by atoms with Crippen molar-refractivity contribution >= 4 is 23.2 Å². The normalized spacial score (nSPS) is 12.9. The number of amides is 1. The Morgan fingerprint density at radius 3 is 2.68 bits per heavy atom. The molecule has 0 bridgehead atoms. The van der Waals surface area contributed by atoms with Crippen molar-refractivity contribution < 1.29 is 14.8 Å². The Hall–Kier alpha value is -1.73. The van der Waals surface area contributed by atoms with Crippen LogP contribution >= 0.6 is 11.6 Å². The number of carbonyl (C=O) groups excluding carboxylic acids is 1. The van der Waals surface area contributed by atoms with Gasteiger partial charge < -0.3 is 10.4 Å². The van der Waals surface area contributed by atoms with Gasteiger partial charge in [0, 0.05) is 6.20 Å². The molecule has 1 aromatic rings. The minimum Gasteiger partial charge on any atom is -0.391 e. The largest absolute Gasteiger partial charge is 0.391 e. The number of aliphatic hydroxyl groups is 1. The third kappa shape index (κ3) is 3.39. The zero-order chi connectivity index (χ0) is 14.8. The molecule has 1 heterocycles. The molecule has 0 aliphatic heterocycles. The van der Waals surface area contributed by atoms with Gasteiger partial charge in [-0.25, -0.2) is 4.98 Å². The molecule has 0 fully saturated rings. The van der Waals surface area contributed by atoms with E-state index in [9.17, 15) is 20.0 Å². The Morgan fingerprint density at radius 1 is 1.63 bits per heavy atom. The van der Waals surface area contributed by atoms with Gasteiger partial charge in [0.15, 0.2) is 0 Å². The molecule has 1 unspecified atom stereocenters. The lowest BCUT2D eigenvalue weighted by molar-refractivity contribution is -0.385. The van der Waals surface area contributed by atoms with E-state index in [1.165, 1.54) is 19.2 Å². The number of aliphatic hydroxyl groups excluding tert-OH is 1. The summed E-state index contributed by atoms with van der Waals surface area (Å²) in [6.45, 7) is 4.71. The molecule has 1 aromatic heterocycles. The Morgan fingerprint density at radius 2 is 2.21 bits per heavy atom. The van der Waals surface area contributed by atoms with Crippen molar-refractivity contribution in [3.8, 4) is 0 Å². The molecule has 1 rings (SSSR count). The van der Waals surface area contributed by atoms with Gasteiger partial charge >= 0.3 is 5.69 Å². The van der Waals surface area contributed by atoms with Crippen LogP contribution in [0.3, 0.4) is 0 Å². The lowest BCUT2D eigenvalue weighted by atomic mass is 9.98. The third-order valence-electron chi connectivity index (χ3n) is 2.79. The van der Waals surface area contributed by atoms with Crippen LogP contribution in [-0.2, 0) is 0 Å². The van der Waals surface area contributed by atoms with Gasteiger partial charge in [-0.1, -0.05) is 11.6 Å². The van der Waals surface area contributed by atoms with Gasteiger partial charge in [0.25, 0.3) is 5.91 Å². The van der Waals surface area contributed by atoms with Crippen LogP contribution < -0.4 is 5.32 Å². The molecule has 0 aliphatic rings. The minimum atomic E-state index is -0.930. The Bertz CT molecular complexity index is 517. The van der Waals surface area contributed by atoms with Gasteiger partial charge in [0.1, 0.15) is 5.56 Å². The standard InChI is InChI=1S/C11H14ClN3O4/c1-6(16)11(2,3)14-10(17)7-4-5-13-9(12)8(7)15(18)19/h4-6,16H,1-3H3,(H,14,17). The van der Waals surface area contributed by atoms with Crippen LogP contribution in [0.2, 0.25) is 5.15 Å². The maximum atomic E-state index is 12.0. The summed E-state index contributed by atoms with van der Waals surface area (Å²) in [5.74, 6) is -0.693. The van der Waals surface area contributed by atoms with Crippen LogP contribution in [0, 0.1) is 10.1 Å². The van der Waals surface area contributed by atoms with E-state index in [1.807, 2.05) is 0 Å². The molecule has 0 spiro atoms.